The number of esters is 4. The van der Waals surface area contributed by atoms with Crippen molar-refractivity contribution in [3.63, 3.8) is 0 Å². The van der Waals surface area contributed by atoms with Crippen LogP contribution >= 0.6 is 80.7 Å². The molecular weight excluding hydrogens is 1510 g/mol. The van der Waals surface area contributed by atoms with Crippen molar-refractivity contribution in [1.82, 2.24) is 21.3 Å². The van der Waals surface area contributed by atoms with E-state index in [-0.39, 0.29) is 82.6 Å². The number of aliphatic hydroxyl groups excluding tert-OH is 1. The van der Waals surface area contributed by atoms with Gasteiger partial charge in [-0.25, -0.2) is 9.59 Å². The van der Waals surface area contributed by atoms with Crippen LogP contribution in [0.2, 0.25) is 29.7 Å². The Balaban J connectivity index is 0.000000484. The topological polar surface area (TPSA) is 273 Å². The van der Waals surface area contributed by atoms with Gasteiger partial charge in [0.2, 0.25) is 23.6 Å². The number of carbonyl (C=O) groups excluding carboxylic acids is 8. The Morgan fingerprint density at radius 3 is 1.34 bits per heavy atom. The zero-order chi connectivity index (χ0) is 78.0. The smallest absolute Gasteiger partial charge is 0.347 e. The van der Waals surface area contributed by atoms with E-state index in [4.69, 9.17) is 114 Å². The number of hydrogen-bond donors (Lipinski definition) is 5. The Labute approximate surface area is 655 Å². The van der Waals surface area contributed by atoms with Crippen LogP contribution in [-0.2, 0) is 74.9 Å². The molecule has 20 nitrogen and oxygen atoms in total. The predicted molar refractivity (Wildman–Crippen MR) is 418 cm³/mol. The van der Waals surface area contributed by atoms with Gasteiger partial charge in [0.25, 0.3) is 0 Å². The summed E-state index contributed by atoms with van der Waals surface area (Å²) in [5.74, 6) is -6.50. The Hall–Kier alpha value is -6.11. The van der Waals surface area contributed by atoms with E-state index >= 15 is 0 Å². The molecule has 0 bridgehead atoms. The molecule has 105 heavy (non-hydrogen) atoms. The zero-order valence-corrected chi connectivity index (χ0v) is 67.9. The fraction of sp³-hybridized carbons (Fsp3) is 0.532. The average Bonchev–Trinajstić information content (AvgIpc) is 1.63. The number of alkyl halides is 4. The molecule has 1 fully saturated rings. The SMILES string of the molecule is C.COc1ccc(C[C@H]2NC(=O)/C=C/C[C@@H]([C@H](C)C3OC3c3ccccc3)OC(=O)[C@H](CC(C)(C)C)OC(=O)[C@H](C)CNC2=O)cc1Cl.COc1ccc(C[C@H]2NC(=O)/C=C/C[C@@H]([C@H](C)[C@@H](O)[C@@H](Cl)c3ccccc3)OC(=O)[C@H](CC(C)(C)C)OC(=O)[C@H](C)CNC2=O)cc1Cl.C[Si](C)(C)Cl.ClC(Cl)Cl. The molecule has 28 heteroatoms. The van der Waals surface area contributed by atoms with Crippen molar-refractivity contribution in [1.29, 1.82) is 0 Å². The molecule has 3 heterocycles. The number of hydrogen-bond acceptors (Lipinski definition) is 16. The number of methoxy groups -OCH3 is 2. The van der Waals surface area contributed by atoms with Crippen molar-refractivity contribution in [3.8, 4) is 11.5 Å². The normalized spacial score (nSPS) is 24.3. The lowest BCUT2D eigenvalue weighted by Gasteiger charge is -2.32. The van der Waals surface area contributed by atoms with E-state index in [0.29, 0.717) is 38.2 Å². The van der Waals surface area contributed by atoms with Gasteiger partial charge in [0.15, 0.2) is 16.5 Å². The highest BCUT2D eigenvalue weighted by atomic mass is 35.6. The van der Waals surface area contributed by atoms with Crippen LogP contribution < -0.4 is 30.7 Å². The molecular formula is C77H105Cl7N4O16Si. The minimum atomic E-state index is -1.25. The van der Waals surface area contributed by atoms with E-state index < -0.39 is 130 Å². The van der Waals surface area contributed by atoms with Gasteiger partial charge < -0.3 is 59.5 Å². The molecule has 0 spiro atoms. The Morgan fingerprint density at radius 2 is 0.962 bits per heavy atom. The van der Waals surface area contributed by atoms with Gasteiger partial charge in [-0.1, -0.05) is 239 Å². The highest BCUT2D eigenvalue weighted by molar-refractivity contribution is 7.18. The molecule has 14 atom stereocenters. The molecule has 0 saturated carbocycles. The van der Waals surface area contributed by atoms with Gasteiger partial charge in [-0.3, -0.25) is 28.8 Å². The number of aliphatic hydroxyl groups is 1. The number of halogens is 7. The molecule has 0 radical (unpaired) electrons. The van der Waals surface area contributed by atoms with E-state index in [0.717, 1.165) is 5.56 Å². The van der Waals surface area contributed by atoms with Crippen LogP contribution in [0.5, 0.6) is 11.5 Å². The average molecular weight is 1620 g/mol. The summed E-state index contributed by atoms with van der Waals surface area (Å²) in [5, 5.41) is 22.1. The largest absolute Gasteiger partial charge is 0.495 e. The molecule has 2 unspecified atom stereocenters. The lowest BCUT2D eigenvalue weighted by atomic mass is 9.88. The lowest BCUT2D eigenvalue weighted by Crippen LogP contribution is -2.49. The molecule has 5 N–H and O–H groups in total. The van der Waals surface area contributed by atoms with Crippen LogP contribution in [0.3, 0.4) is 0 Å². The van der Waals surface area contributed by atoms with E-state index in [2.05, 4.69) is 40.9 Å². The molecule has 3 aliphatic rings. The predicted octanol–water partition coefficient (Wildman–Crippen LogP) is 15.1. The standard InChI is InChI=1S/C36H46Cl2N2O8.C36H45ClN2O8.C3H9ClSi.CHCl3.CH4/c1-21-20-39-33(43)26(18-23-15-16-28(46-6)25(37)17-23)40-30(41)14-10-13-27(22(2)32(42)31(38)24-11-8-7-9-12-24)47-35(45)29(48-34(21)44)19-36(3,4)5;1-21-20-38-33(41)26(18-23-15-16-28(44-6)25(37)17-23)39-30(40)14-10-13-27(22(2)31-32(47-31)24-11-8-7-9-12-24)45-35(43)29(46-34(21)42)19-36(3,4)5;1-5(2,3)4;2-1(3)4;/h7-12,14-17,21-22,26-27,29,31-32,42H,13,18-20H2,1-6H3,(H,39,43)(H,40,41);7-12,14-17,21-22,26-27,29,31-32H,13,18-20H2,1-6H3,(H,38,41)(H,39,40);1-3H3;1H;1H4/b2*14-10+;;;/t21-,22+,26-,27+,29+,31+,32-;21-,22+,26-,27+,29+,31?,32?;;;/m11.../s1. The Bertz CT molecular complexity index is 3510. The third kappa shape index (κ3) is 34.3. The summed E-state index contributed by atoms with van der Waals surface area (Å²) >= 11 is 39.3. The quantitative estimate of drug-likeness (QED) is 0.0185. The molecule has 1 saturated heterocycles. The Kier molecular flexibility index (Phi) is 39.3. The van der Waals surface area contributed by atoms with Gasteiger partial charge in [0, 0.05) is 63.5 Å². The zero-order valence-electron chi connectivity index (χ0n) is 61.6. The third-order valence-corrected chi connectivity index (χ3v) is 17.4. The molecule has 0 aromatic heterocycles. The summed E-state index contributed by atoms with van der Waals surface area (Å²) in [5.41, 5.74) is 2.29. The van der Waals surface area contributed by atoms with E-state index in [9.17, 15) is 43.5 Å². The van der Waals surface area contributed by atoms with Crippen LogP contribution in [0.25, 0.3) is 0 Å². The van der Waals surface area contributed by atoms with Gasteiger partial charge in [-0.2, -0.15) is 11.1 Å². The summed E-state index contributed by atoms with van der Waals surface area (Å²) in [6.07, 6.45) is 0.985. The molecule has 3 aliphatic heterocycles. The fourth-order valence-corrected chi connectivity index (χ4v) is 11.6. The van der Waals surface area contributed by atoms with Crippen LogP contribution in [0, 0.1) is 34.5 Å². The number of nitrogens with one attached hydrogen (secondary N) is 4. The molecule has 582 valence electrons. The van der Waals surface area contributed by atoms with Gasteiger partial charge in [-0.15, -0.1) is 11.6 Å². The summed E-state index contributed by atoms with van der Waals surface area (Å²) in [7, 11) is 1.86. The van der Waals surface area contributed by atoms with E-state index in [1.165, 1.54) is 32.4 Å². The maximum absolute atomic E-state index is 13.6. The minimum Gasteiger partial charge on any atom is -0.495 e. The third-order valence-electron chi connectivity index (χ3n) is 16.3. The maximum atomic E-state index is 13.6. The highest BCUT2D eigenvalue weighted by Gasteiger charge is 2.48. The summed E-state index contributed by atoms with van der Waals surface area (Å²) in [6, 6.07) is 27.0. The van der Waals surface area contributed by atoms with Gasteiger partial charge in [-0.05, 0) is 69.5 Å². The van der Waals surface area contributed by atoms with Gasteiger partial charge in [0.05, 0.1) is 53.7 Å². The lowest BCUT2D eigenvalue weighted by molar-refractivity contribution is -0.178. The first-order chi connectivity index (χ1) is 48.6. The molecule has 4 aromatic carbocycles. The summed E-state index contributed by atoms with van der Waals surface area (Å²) in [4.78, 5) is 107. The van der Waals surface area contributed by atoms with Crippen molar-refractivity contribution < 1.29 is 76.6 Å². The number of ether oxygens (including phenoxy) is 7. The maximum Gasteiger partial charge on any atom is 0.347 e. The van der Waals surface area contributed by atoms with Crippen molar-refractivity contribution in [2.45, 2.75) is 199 Å². The second kappa shape index (κ2) is 44.4. The summed E-state index contributed by atoms with van der Waals surface area (Å²) in [6.45, 7) is 24.4. The summed E-state index contributed by atoms with van der Waals surface area (Å²) < 4.78 is 39.1. The number of epoxide rings is 1. The highest BCUT2D eigenvalue weighted by Crippen LogP contribution is 2.45. The van der Waals surface area contributed by atoms with Crippen molar-refractivity contribution in [3.05, 3.63) is 154 Å². The van der Waals surface area contributed by atoms with Crippen LogP contribution in [0.4, 0.5) is 0 Å². The fourth-order valence-electron chi connectivity index (χ4n) is 10.7. The van der Waals surface area contributed by atoms with Crippen LogP contribution in [0.15, 0.2) is 121 Å². The number of amides is 4. The van der Waals surface area contributed by atoms with E-state index in [1.54, 1.807) is 87.5 Å². The first-order valence-electron chi connectivity index (χ1n) is 34.2. The van der Waals surface area contributed by atoms with Gasteiger partial charge >= 0.3 is 23.9 Å². The Morgan fingerprint density at radius 1 is 0.581 bits per heavy atom. The molecule has 4 aromatic rings. The van der Waals surface area contributed by atoms with Crippen LogP contribution in [0.1, 0.15) is 136 Å². The number of benzene rings is 4. The van der Waals surface area contributed by atoms with Crippen molar-refractivity contribution in [2.75, 3.05) is 27.3 Å². The first-order valence-corrected chi connectivity index (χ1v) is 41.2. The minimum absolute atomic E-state index is 0. The first kappa shape index (κ1) is 93.1. The molecule has 0 aliphatic carbocycles. The number of carbonyl (C=O) groups is 8. The number of cyclic esters (lactones) is 4. The van der Waals surface area contributed by atoms with Crippen molar-refractivity contribution in [2.24, 2.45) is 34.5 Å². The second-order valence-corrected chi connectivity index (χ2v) is 39.9. The van der Waals surface area contributed by atoms with Crippen molar-refractivity contribution >= 4 is 136 Å². The van der Waals surface area contributed by atoms with Gasteiger partial charge in [0.1, 0.15) is 49.3 Å². The molecule has 4 amide bonds. The molecule has 7 rings (SSSR count). The monoisotopic (exact) mass is 1610 g/mol. The van der Waals surface area contributed by atoms with Crippen LogP contribution in [-0.4, -0.2) is 140 Å². The van der Waals surface area contributed by atoms with E-state index in [1.807, 2.05) is 84.9 Å². The second-order valence-electron chi connectivity index (χ2n) is 29.1. The number of rotatable bonds is 15.